The lowest BCUT2D eigenvalue weighted by Gasteiger charge is -2.15. The molecule has 2 rings (SSSR count). The number of nitrogens with one attached hydrogen (secondary N) is 2. The molecule has 0 fully saturated rings. The third kappa shape index (κ3) is 7.38. The lowest BCUT2D eigenvalue weighted by Crippen LogP contribution is -2.33. The standard InChI is InChI=1S/C24H31F3N4O3/c1-4-6-8-16(12-28)15(7-5-2)11-21-29-13-18(31-21)17-9-19(32)22(20(10-17)34-3)23(33)30-14-24(25,26)27/h5,7,9-11,13,16,32H,4,6,8,12,14,28H2,1-3H3,(H,29,31)(H,30,33)/b7-5-,15-11+. The van der Waals surface area contributed by atoms with Crippen molar-refractivity contribution < 1.29 is 27.8 Å². The summed E-state index contributed by atoms with van der Waals surface area (Å²) in [5, 5.41) is 12.1. The number of H-pyrrole nitrogens is 1. The Hall–Kier alpha value is -3.27. The van der Waals surface area contributed by atoms with Crippen molar-refractivity contribution in [3.8, 4) is 22.8 Å². The predicted molar refractivity (Wildman–Crippen MR) is 125 cm³/mol. The van der Waals surface area contributed by atoms with Crippen LogP contribution in [0.4, 0.5) is 13.2 Å². The molecular weight excluding hydrogens is 449 g/mol. The summed E-state index contributed by atoms with van der Waals surface area (Å²) >= 11 is 0. The molecule has 0 radical (unpaired) electrons. The molecule has 10 heteroatoms. The Morgan fingerprint density at radius 2 is 2.12 bits per heavy atom. The summed E-state index contributed by atoms with van der Waals surface area (Å²) in [6.45, 7) is 3.03. The van der Waals surface area contributed by atoms with Crippen molar-refractivity contribution >= 4 is 12.0 Å². The Morgan fingerprint density at radius 3 is 2.71 bits per heavy atom. The minimum Gasteiger partial charge on any atom is -0.507 e. The van der Waals surface area contributed by atoms with Gasteiger partial charge >= 0.3 is 6.18 Å². The number of benzene rings is 1. The van der Waals surface area contributed by atoms with Gasteiger partial charge in [0.05, 0.1) is 19.0 Å². The number of aromatic nitrogens is 2. The maximum Gasteiger partial charge on any atom is 0.405 e. The summed E-state index contributed by atoms with van der Waals surface area (Å²) in [6.07, 6.45) is 5.91. The second kappa shape index (κ2) is 12.3. The molecule has 1 atom stereocenters. The van der Waals surface area contributed by atoms with Crippen molar-refractivity contribution in [3.05, 3.63) is 47.4 Å². The maximum atomic E-state index is 12.4. The van der Waals surface area contributed by atoms with E-state index in [4.69, 9.17) is 10.5 Å². The highest BCUT2D eigenvalue weighted by Crippen LogP contribution is 2.34. The number of unbranched alkanes of at least 4 members (excludes halogenated alkanes) is 1. The topological polar surface area (TPSA) is 113 Å². The van der Waals surface area contributed by atoms with Crippen LogP contribution in [0.25, 0.3) is 17.3 Å². The van der Waals surface area contributed by atoms with Crippen LogP contribution in [0.15, 0.2) is 36.1 Å². The molecule has 0 aliphatic heterocycles. The van der Waals surface area contributed by atoms with E-state index in [9.17, 15) is 23.1 Å². The third-order valence-corrected chi connectivity index (χ3v) is 5.21. The van der Waals surface area contributed by atoms with Gasteiger partial charge in [0.1, 0.15) is 29.4 Å². The van der Waals surface area contributed by atoms with Gasteiger partial charge in [-0.15, -0.1) is 0 Å². The molecule has 1 aromatic carbocycles. The first-order valence-corrected chi connectivity index (χ1v) is 11.0. The summed E-state index contributed by atoms with van der Waals surface area (Å²) < 4.78 is 42.5. The molecule has 0 bridgehead atoms. The highest BCUT2D eigenvalue weighted by molar-refractivity contribution is 6.00. The van der Waals surface area contributed by atoms with E-state index in [1.54, 1.807) is 11.5 Å². The zero-order valence-electron chi connectivity index (χ0n) is 19.5. The smallest absolute Gasteiger partial charge is 0.405 e. The zero-order valence-corrected chi connectivity index (χ0v) is 19.5. The molecule has 0 aliphatic rings. The molecule has 186 valence electrons. The fraction of sp³-hybridized carbons (Fsp3) is 0.417. The van der Waals surface area contributed by atoms with E-state index in [1.807, 2.05) is 25.2 Å². The molecule has 1 amide bonds. The molecule has 34 heavy (non-hydrogen) atoms. The number of methoxy groups -OCH3 is 1. The average molecular weight is 481 g/mol. The van der Waals surface area contributed by atoms with Gasteiger partial charge in [0, 0.05) is 5.56 Å². The number of aromatic amines is 1. The number of ether oxygens (including phenoxy) is 1. The number of carbonyl (C=O) groups is 1. The van der Waals surface area contributed by atoms with Gasteiger partial charge in [-0.05, 0) is 49.6 Å². The average Bonchev–Trinajstić information content (AvgIpc) is 3.25. The minimum absolute atomic E-state index is 0.0706. The number of halogens is 3. The van der Waals surface area contributed by atoms with E-state index in [2.05, 4.69) is 16.9 Å². The molecule has 7 nitrogen and oxygen atoms in total. The summed E-state index contributed by atoms with van der Waals surface area (Å²) in [4.78, 5) is 19.7. The van der Waals surface area contributed by atoms with Gasteiger partial charge in [-0.2, -0.15) is 13.2 Å². The van der Waals surface area contributed by atoms with E-state index < -0.39 is 24.4 Å². The van der Waals surface area contributed by atoms with Gasteiger partial charge < -0.3 is 25.9 Å². The van der Waals surface area contributed by atoms with Gasteiger partial charge in [-0.25, -0.2) is 4.98 Å². The van der Waals surface area contributed by atoms with E-state index in [0.717, 1.165) is 24.8 Å². The van der Waals surface area contributed by atoms with Crippen LogP contribution in [0.3, 0.4) is 0 Å². The summed E-state index contributed by atoms with van der Waals surface area (Å²) in [6, 6.07) is 2.71. The van der Waals surface area contributed by atoms with Crippen molar-refractivity contribution in [2.75, 3.05) is 20.2 Å². The maximum absolute atomic E-state index is 12.4. The van der Waals surface area contributed by atoms with Crippen LogP contribution >= 0.6 is 0 Å². The van der Waals surface area contributed by atoms with Gasteiger partial charge in [0.15, 0.2) is 0 Å². The monoisotopic (exact) mass is 480 g/mol. The number of rotatable bonds is 11. The minimum atomic E-state index is -4.58. The quantitative estimate of drug-likeness (QED) is 0.345. The van der Waals surface area contributed by atoms with Gasteiger partial charge in [0.25, 0.3) is 5.91 Å². The number of aromatic hydroxyl groups is 1. The van der Waals surface area contributed by atoms with Crippen LogP contribution in [0.1, 0.15) is 49.3 Å². The fourth-order valence-corrected chi connectivity index (χ4v) is 3.49. The highest BCUT2D eigenvalue weighted by atomic mass is 19.4. The third-order valence-electron chi connectivity index (χ3n) is 5.21. The number of phenolic OH excluding ortho intramolecular Hbond substituents is 1. The second-order valence-corrected chi connectivity index (χ2v) is 7.77. The van der Waals surface area contributed by atoms with Crippen molar-refractivity contribution in [2.45, 2.75) is 39.3 Å². The number of imidazole rings is 1. The molecule has 0 saturated heterocycles. The number of nitrogens with zero attached hydrogens (tertiary/aromatic N) is 1. The van der Waals surface area contributed by atoms with Crippen molar-refractivity contribution in [3.63, 3.8) is 0 Å². The van der Waals surface area contributed by atoms with Crippen LogP contribution in [0.5, 0.6) is 11.5 Å². The van der Waals surface area contributed by atoms with Crippen LogP contribution < -0.4 is 15.8 Å². The molecule has 5 N–H and O–H groups in total. The lowest BCUT2D eigenvalue weighted by molar-refractivity contribution is -0.123. The molecule has 1 heterocycles. The molecule has 1 aromatic heterocycles. The summed E-state index contributed by atoms with van der Waals surface area (Å²) in [5.74, 6) is -0.925. The van der Waals surface area contributed by atoms with Gasteiger partial charge in [0.2, 0.25) is 0 Å². The van der Waals surface area contributed by atoms with Crippen LogP contribution in [-0.2, 0) is 0 Å². The van der Waals surface area contributed by atoms with Crippen LogP contribution in [0.2, 0.25) is 0 Å². The largest absolute Gasteiger partial charge is 0.507 e. The second-order valence-electron chi connectivity index (χ2n) is 7.77. The first-order chi connectivity index (χ1) is 16.1. The van der Waals surface area contributed by atoms with Crippen LogP contribution in [0, 0.1) is 5.92 Å². The predicted octanol–water partition coefficient (Wildman–Crippen LogP) is 4.81. The van der Waals surface area contributed by atoms with E-state index >= 15 is 0 Å². The molecule has 2 aromatic rings. The van der Waals surface area contributed by atoms with Gasteiger partial charge in [-0.1, -0.05) is 31.9 Å². The summed E-state index contributed by atoms with van der Waals surface area (Å²) in [7, 11) is 1.26. The molecule has 0 aliphatic carbocycles. The van der Waals surface area contributed by atoms with Crippen molar-refractivity contribution in [1.82, 2.24) is 15.3 Å². The number of carbonyl (C=O) groups excluding carboxylic acids is 1. The highest BCUT2D eigenvalue weighted by Gasteiger charge is 2.29. The number of hydrogen-bond donors (Lipinski definition) is 4. The normalized spacial score (nSPS) is 13.3. The van der Waals surface area contributed by atoms with Gasteiger partial charge in [-0.3, -0.25) is 4.79 Å². The summed E-state index contributed by atoms with van der Waals surface area (Å²) in [5.41, 5.74) is 7.62. The Bertz CT molecular complexity index is 1030. The molecular formula is C24H31F3N4O3. The van der Waals surface area contributed by atoms with Crippen molar-refractivity contribution in [2.24, 2.45) is 11.7 Å². The Balaban J connectivity index is 2.35. The number of allylic oxidation sites excluding steroid dienone is 2. The zero-order chi connectivity index (χ0) is 25.3. The Labute approximate surface area is 196 Å². The van der Waals surface area contributed by atoms with E-state index in [0.29, 0.717) is 23.6 Å². The fourth-order valence-electron chi connectivity index (χ4n) is 3.49. The number of alkyl halides is 3. The Morgan fingerprint density at radius 1 is 1.38 bits per heavy atom. The van der Waals surface area contributed by atoms with E-state index in [1.165, 1.54) is 19.2 Å². The SMILES string of the molecule is C/C=C\C(=C/c1ncc(-c2cc(O)c(C(=O)NCC(F)(F)F)c(OC)c2)[nH]1)C(CN)CCCC. The number of amides is 1. The molecule has 1 unspecified atom stereocenters. The lowest BCUT2D eigenvalue weighted by atomic mass is 9.92. The van der Waals surface area contributed by atoms with Crippen molar-refractivity contribution in [1.29, 1.82) is 0 Å². The number of phenols is 1. The number of nitrogens with two attached hydrogens (primary N) is 1. The Kier molecular flexibility index (Phi) is 9.73. The van der Waals surface area contributed by atoms with E-state index in [-0.39, 0.29) is 17.2 Å². The van der Waals surface area contributed by atoms with Crippen LogP contribution in [-0.4, -0.2) is 47.4 Å². The number of hydrogen-bond acceptors (Lipinski definition) is 5. The first kappa shape index (κ1) is 27.0. The first-order valence-electron chi connectivity index (χ1n) is 11.0. The molecule has 0 saturated carbocycles. The molecule has 0 spiro atoms.